The highest BCUT2D eigenvalue weighted by atomic mass is 32.1. The van der Waals surface area contributed by atoms with Crippen molar-refractivity contribution >= 4 is 114 Å². The molecule has 0 aliphatic carbocycles. The molecule has 0 fully saturated rings. The Kier molecular flexibility index (Phi) is 28.3. The topological polar surface area (TPSA) is 90.5 Å². The van der Waals surface area contributed by atoms with E-state index < -0.39 is 5.60 Å². The van der Waals surface area contributed by atoms with Gasteiger partial charge in [-0.05, 0) is 152 Å². The first-order valence-corrected chi connectivity index (χ1v) is 45.9. The van der Waals surface area contributed by atoms with E-state index in [1.54, 1.807) is 45.3 Å². The maximum Gasteiger partial charge on any atom is 0.261 e. The zero-order chi connectivity index (χ0) is 73.9. The van der Waals surface area contributed by atoms with Gasteiger partial charge in [-0.25, -0.2) is 0 Å². The van der Waals surface area contributed by atoms with E-state index in [1.165, 1.54) is 53.8 Å². The monoisotopic (exact) mass is 1520 g/mol. The third-order valence-electron chi connectivity index (χ3n) is 23.4. The van der Waals surface area contributed by atoms with Gasteiger partial charge >= 0.3 is 0 Å². The van der Waals surface area contributed by atoms with Gasteiger partial charge in [0.1, 0.15) is 11.4 Å². The molecule has 0 spiro atoms. The molecule has 6 atom stereocenters. The molecule has 0 N–H and O–H groups in total. The number of hydrogen-bond acceptors (Lipinski definition) is 11. The van der Waals surface area contributed by atoms with E-state index in [0.717, 1.165) is 196 Å². The summed E-state index contributed by atoms with van der Waals surface area (Å²) in [5.41, 5.74) is 6.20. The van der Waals surface area contributed by atoms with E-state index in [0.29, 0.717) is 95.8 Å². The summed E-state index contributed by atoms with van der Waals surface area (Å²) in [6, 6.07) is 22.0. The van der Waals surface area contributed by atoms with Gasteiger partial charge < -0.3 is 24.3 Å². The molecule has 11 heterocycles. The minimum Gasteiger partial charge on any atom is -0.481 e. The zero-order valence-corrected chi connectivity index (χ0v) is 70.4. The molecular formula is C89H122N4O5S6. The van der Waals surface area contributed by atoms with Crippen molar-refractivity contribution in [3.63, 3.8) is 0 Å². The Morgan fingerprint density at radius 3 is 1.05 bits per heavy atom. The average molecular weight is 1520 g/mol. The summed E-state index contributed by atoms with van der Waals surface area (Å²) in [6.07, 6.45) is 28.1. The Bertz CT molecular complexity index is 3990. The summed E-state index contributed by atoms with van der Waals surface area (Å²) in [7, 11) is 0. The lowest BCUT2D eigenvalue weighted by Gasteiger charge is -2.39. The highest BCUT2D eigenvalue weighted by Gasteiger charge is 2.53. The molecule has 0 radical (unpaired) electrons. The molecule has 104 heavy (non-hydrogen) atoms. The Labute approximate surface area is 649 Å². The second kappa shape index (κ2) is 36.8. The first-order valence-electron chi connectivity index (χ1n) is 40.9. The van der Waals surface area contributed by atoms with Crippen LogP contribution in [0.2, 0.25) is 0 Å². The quantitative estimate of drug-likeness (QED) is 0.0380. The summed E-state index contributed by atoms with van der Waals surface area (Å²) in [5, 5.41) is 4.15. The fraction of sp³-hybridized carbons (Fsp3) is 0.596. The van der Waals surface area contributed by atoms with Gasteiger partial charge in [0.2, 0.25) is 0 Å². The molecule has 564 valence electrons. The van der Waals surface area contributed by atoms with Gasteiger partial charge in [0, 0.05) is 57.3 Å². The average Bonchev–Trinajstić information content (AvgIpc) is 1.56. The van der Waals surface area contributed by atoms with E-state index in [2.05, 4.69) is 162 Å². The molecule has 0 saturated carbocycles. The molecule has 11 rings (SSSR count). The summed E-state index contributed by atoms with van der Waals surface area (Å²) >= 11 is 10.4. The summed E-state index contributed by atoms with van der Waals surface area (Å²) in [5.74, 6) is 4.45. The zero-order valence-electron chi connectivity index (χ0n) is 65.5. The normalized spacial score (nSPS) is 18.6. The van der Waals surface area contributed by atoms with Gasteiger partial charge in [-0.3, -0.25) is 19.2 Å². The minimum absolute atomic E-state index is 0.0363. The molecule has 5 aliphatic heterocycles. The number of thiophene rings is 6. The second-order valence-electron chi connectivity index (χ2n) is 32.2. The number of carbonyl (C=O) groups excluding carboxylic acids is 4. The molecule has 6 aromatic rings. The first kappa shape index (κ1) is 79.9. The predicted molar refractivity (Wildman–Crippen MR) is 447 cm³/mol. The molecule has 0 aromatic carbocycles. The van der Waals surface area contributed by atoms with Crippen molar-refractivity contribution < 1.29 is 23.9 Å². The van der Waals surface area contributed by atoms with Crippen LogP contribution < -0.4 is 4.74 Å². The van der Waals surface area contributed by atoms with E-state index in [9.17, 15) is 0 Å². The van der Waals surface area contributed by atoms with Gasteiger partial charge in [-0.1, -0.05) is 225 Å². The SMILES string of the molecule is CCCCC(CC)CN1C(=O)C2=C(c3ccc(-c4cc5c(s4)-c4sc(-c6ccc(C7=C8C(=O)N(CC(CC)CCCC)C(c9cccs9)=C8C(=O)N7CC(CC)CCCC)s6)cc4C(CCC(C)CCCC(C)C)(CCC(C)CCCC(C)C)O5)s3)N(CC(CC)CCCC)C(=O)C2=C1c1cccs1. The van der Waals surface area contributed by atoms with Gasteiger partial charge in [0.15, 0.2) is 0 Å². The maximum absolute atomic E-state index is 15.7. The Hall–Kier alpha value is -5.16. The second-order valence-corrected chi connectivity index (χ2v) is 38.4. The van der Waals surface area contributed by atoms with Gasteiger partial charge in [-0.15, -0.1) is 68.0 Å². The van der Waals surface area contributed by atoms with Gasteiger partial charge in [-0.2, -0.15) is 0 Å². The standard InChI is InChI=1S/C89H122N4O5S6/c1-15-23-35-61(19-5)53-90-79(69-39-29-49-99-69)75-77(87(90)96)81(92(85(75)94)55-63(21-7)37-25-17-3)71-43-41-67(101-71)73-51-65-83(103-73)84-66(98-89(65,47-45-59(13)33-27-31-57(9)10)48-46-60(14)34-28-32-58(11)12)52-74(104-84)68-42-44-72(102-68)82-78-76(86(95)93(82)56-64(22-8)38-26-18-4)80(70-40-30-50-100-70)91(88(78)97)54-62(20-6)36-24-16-2/h29-30,39-44,49-52,57-64H,15-28,31-38,45-48,53-56H2,1-14H3. The third kappa shape index (κ3) is 17.4. The van der Waals surface area contributed by atoms with Crippen LogP contribution in [0.3, 0.4) is 0 Å². The number of amides is 4. The maximum atomic E-state index is 15.7. The molecule has 0 saturated heterocycles. The van der Waals surface area contributed by atoms with Crippen molar-refractivity contribution in [1.82, 2.24) is 19.6 Å². The highest BCUT2D eigenvalue weighted by molar-refractivity contribution is 7.29. The van der Waals surface area contributed by atoms with Crippen LogP contribution in [0, 0.1) is 47.3 Å². The van der Waals surface area contributed by atoms with Crippen LogP contribution in [0.4, 0.5) is 0 Å². The third-order valence-corrected chi connectivity index (χ3v) is 30.2. The molecule has 15 heteroatoms. The molecule has 4 amide bonds. The van der Waals surface area contributed by atoms with Crippen LogP contribution in [0.1, 0.15) is 289 Å². The Balaban J connectivity index is 1.04. The lowest BCUT2D eigenvalue weighted by Crippen LogP contribution is -2.36. The van der Waals surface area contributed by atoms with Crippen molar-refractivity contribution in [3.05, 3.63) is 119 Å². The smallest absolute Gasteiger partial charge is 0.261 e. The van der Waals surface area contributed by atoms with Crippen LogP contribution in [-0.2, 0) is 24.8 Å². The molecular weight excluding hydrogens is 1400 g/mol. The van der Waals surface area contributed by atoms with Crippen molar-refractivity contribution in [2.45, 2.75) is 269 Å². The van der Waals surface area contributed by atoms with Crippen molar-refractivity contribution in [1.29, 1.82) is 0 Å². The largest absolute Gasteiger partial charge is 0.481 e. The Morgan fingerprint density at radius 1 is 0.365 bits per heavy atom. The van der Waals surface area contributed by atoms with E-state index in [-0.39, 0.29) is 23.6 Å². The van der Waals surface area contributed by atoms with Crippen molar-refractivity contribution in [2.24, 2.45) is 47.3 Å². The fourth-order valence-corrected chi connectivity index (χ4v) is 23.1. The fourth-order valence-electron chi connectivity index (χ4n) is 16.7. The van der Waals surface area contributed by atoms with Gasteiger partial charge in [0.05, 0.1) is 74.3 Å². The first-order chi connectivity index (χ1) is 50.3. The number of ether oxygens (including phenoxy) is 1. The predicted octanol–water partition coefficient (Wildman–Crippen LogP) is 26.6. The molecule has 9 nitrogen and oxygen atoms in total. The summed E-state index contributed by atoms with van der Waals surface area (Å²) < 4.78 is 7.97. The van der Waals surface area contributed by atoms with E-state index in [1.807, 2.05) is 48.3 Å². The molecule has 6 aromatic heterocycles. The van der Waals surface area contributed by atoms with Crippen molar-refractivity contribution in [2.75, 3.05) is 26.2 Å². The van der Waals surface area contributed by atoms with Crippen LogP contribution in [0.5, 0.6) is 5.75 Å². The van der Waals surface area contributed by atoms with Crippen LogP contribution in [-0.4, -0.2) is 69.4 Å². The van der Waals surface area contributed by atoms with Gasteiger partial charge in [0.25, 0.3) is 23.6 Å². The number of fused-ring (bicyclic) bond motifs is 5. The highest BCUT2D eigenvalue weighted by Crippen LogP contribution is 2.61. The molecule has 0 bridgehead atoms. The van der Waals surface area contributed by atoms with E-state index >= 15 is 19.2 Å². The molecule has 6 unspecified atom stereocenters. The number of unbranched alkanes of at least 4 members (excludes halogenated alkanes) is 4. The minimum atomic E-state index is -0.581. The van der Waals surface area contributed by atoms with Crippen LogP contribution in [0.25, 0.3) is 52.1 Å². The number of hydrogen-bond donors (Lipinski definition) is 0. The lowest BCUT2D eigenvalue weighted by molar-refractivity contribution is -0.124. The summed E-state index contributed by atoms with van der Waals surface area (Å²) in [4.78, 5) is 81.5. The number of rotatable bonds is 44. The Morgan fingerprint density at radius 2 is 0.712 bits per heavy atom. The van der Waals surface area contributed by atoms with Crippen LogP contribution in [0.15, 0.2) is 93.7 Å². The number of nitrogens with zero attached hydrogens (tertiary/aromatic N) is 4. The van der Waals surface area contributed by atoms with Crippen molar-refractivity contribution in [3.8, 4) is 35.0 Å². The summed E-state index contributed by atoms with van der Waals surface area (Å²) in [6.45, 7) is 34.6. The molecule has 5 aliphatic rings. The number of carbonyl (C=O) groups is 4. The van der Waals surface area contributed by atoms with Crippen LogP contribution >= 0.6 is 68.0 Å². The lowest BCUT2D eigenvalue weighted by atomic mass is 9.78. The van der Waals surface area contributed by atoms with E-state index in [4.69, 9.17) is 4.74 Å².